The van der Waals surface area contributed by atoms with Crippen molar-refractivity contribution in [1.29, 1.82) is 0 Å². The molecule has 0 heterocycles. The average Bonchev–Trinajstić information content (AvgIpc) is 2.79. The fraction of sp³-hybridized carbons (Fsp3) is 0.739. The summed E-state index contributed by atoms with van der Waals surface area (Å²) in [6, 6.07) is -4.11. The number of nitrogens with one attached hydrogen (secondary N) is 3. The molecule has 4 atom stereocenters. The van der Waals surface area contributed by atoms with Crippen molar-refractivity contribution in [3.8, 4) is 0 Å². The third-order valence-corrected chi connectivity index (χ3v) is 5.45. The van der Waals surface area contributed by atoms with Crippen LogP contribution in [0.1, 0.15) is 59.8 Å². The number of carboxylic acids is 1. The summed E-state index contributed by atoms with van der Waals surface area (Å²) in [5.74, 6) is -3.43. The number of hydrogen-bond acceptors (Lipinski definition) is 7. The first-order valence-electron chi connectivity index (χ1n) is 12.7. The molecule has 0 radical (unpaired) electrons. The van der Waals surface area contributed by atoms with Crippen molar-refractivity contribution in [1.82, 2.24) is 16.0 Å². The predicted molar refractivity (Wildman–Crippen MR) is 146 cm³/mol. The minimum atomic E-state index is -1.25. The van der Waals surface area contributed by atoms with Gasteiger partial charge in [0.25, 0.3) is 0 Å². The zero-order valence-electron chi connectivity index (χ0n) is 22.8. The molecule has 15 heteroatoms. The lowest BCUT2D eigenvalue weighted by molar-refractivity contribution is -0.142. The summed E-state index contributed by atoms with van der Waals surface area (Å²) in [6.07, 6.45) is 1.23. The van der Waals surface area contributed by atoms with E-state index >= 15 is 0 Å². The quantitative estimate of drug-likeness (QED) is 0.0505. The Hall–Kier alpha value is -3.62. The van der Waals surface area contributed by atoms with E-state index in [1.807, 2.05) is 13.8 Å². The van der Waals surface area contributed by atoms with Crippen molar-refractivity contribution >= 4 is 35.6 Å². The van der Waals surface area contributed by atoms with E-state index in [1.54, 1.807) is 13.8 Å². The average molecular weight is 543 g/mol. The number of carboxylic acid groups (broad SMARTS) is 1. The van der Waals surface area contributed by atoms with Crippen LogP contribution in [0, 0.1) is 11.8 Å². The summed E-state index contributed by atoms with van der Waals surface area (Å²) in [7, 11) is 0. The van der Waals surface area contributed by atoms with Crippen molar-refractivity contribution in [2.24, 2.45) is 50.5 Å². The standard InChI is InChI=1S/C23H46N10O5/c1-12(2)11-14(24)18(34)33-17(13(3)4)20(36)31-15(7-5-9-29-22(25)26)19(35)32-16(21(37)38)8-6-10-30-23(27)28/h12-17H,5-11,24H2,1-4H3,(H,31,36)(H,32,35)(H,33,34)(H,37,38)(H4,25,26,29)(H4,27,28,30). The topological polar surface area (TPSA) is 279 Å². The Morgan fingerprint density at radius 3 is 1.63 bits per heavy atom. The number of hydrogen-bond donors (Lipinski definition) is 9. The van der Waals surface area contributed by atoms with Crippen LogP contribution >= 0.6 is 0 Å². The molecule has 0 saturated heterocycles. The number of aliphatic imine (C=N–C) groups is 2. The first kappa shape index (κ1) is 34.4. The third kappa shape index (κ3) is 14.8. The smallest absolute Gasteiger partial charge is 0.326 e. The van der Waals surface area contributed by atoms with Gasteiger partial charge in [-0.1, -0.05) is 27.7 Å². The van der Waals surface area contributed by atoms with Gasteiger partial charge in [-0.05, 0) is 43.9 Å². The summed E-state index contributed by atoms with van der Waals surface area (Å²) in [5, 5.41) is 17.3. The maximum atomic E-state index is 13.1. The Morgan fingerprint density at radius 1 is 0.737 bits per heavy atom. The van der Waals surface area contributed by atoms with Gasteiger partial charge in [0, 0.05) is 13.1 Å². The molecule has 0 bridgehead atoms. The van der Waals surface area contributed by atoms with E-state index in [0.717, 1.165) is 0 Å². The van der Waals surface area contributed by atoms with Crippen molar-refractivity contribution in [3.63, 3.8) is 0 Å². The monoisotopic (exact) mass is 542 g/mol. The Labute approximate surface area is 223 Å². The van der Waals surface area contributed by atoms with Crippen molar-refractivity contribution in [2.75, 3.05) is 13.1 Å². The lowest BCUT2D eigenvalue weighted by atomic mass is 9.99. The van der Waals surface area contributed by atoms with Gasteiger partial charge in [-0.3, -0.25) is 24.4 Å². The lowest BCUT2D eigenvalue weighted by Crippen LogP contribution is -2.58. The number of nitrogens with zero attached hydrogens (tertiary/aromatic N) is 2. The molecule has 0 aromatic carbocycles. The highest BCUT2D eigenvalue weighted by molar-refractivity contribution is 5.94. The van der Waals surface area contributed by atoms with Gasteiger partial charge in [0.2, 0.25) is 17.7 Å². The molecule has 0 rings (SSSR count). The van der Waals surface area contributed by atoms with Crippen LogP contribution in [0.25, 0.3) is 0 Å². The Balaban J connectivity index is 5.57. The van der Waals surface area contributed by atoms with E-state index in [9.17, 15) is 24.3 Å². The predicted octanol–water partition coefficient (Wildman–Crippen LogP) is -2.34. The highest BCUT2D eigenvalue weighted by Crippen LogP contribution is 2.09. The van der Waals surface area contributed by atoms with Gasteiger partial charge < -0.3 is 49.7 Å². The van der Waals surface area contributed by atoms with Crippen LogP contribution < -0.4 is 44.6 Å². The highest BCUT2D eigenvalue weighted by atomic mass is 16.4. The SMILES string of the molecule is CC(C)CC(N)C(=O)NC(C(=O)NC(CCCN=C(N)N)C(=O)NC(CCCN=C(N)N)C(=O)O)C(C)C. The molecule has 0 spiro atoms. The third-order valence-electron chi connectivity index (χ3n) is 5.45. The largest absolute Gasteiger partial charge is 0.480 e. The lowest BCUT2D eigenvalue weighted by Gasteiger charge is -2.27. The second-order valence-corrected chi connectivity index (χ2v) is 9.82. The van der Waals surface area contributed by atoms with E-state index in [0.29, 0.717) is 19.3 Å². The van der Waals surface area contributed by atoms with Gasteiger partial charge in [-0.2, -0.15) is 0 Å². The molecule has 0 fully saturated rings. The van der Waals surface area contributed by atoms with Gasteiger partial charge >= 0.3 is 5.97 Å². The van der Waals surface area contributed by atoms with E-state index in [2.05, 4.69) is 25.9 Å². The maximum Gasteiger partial charge on any atom is 0.326 e. The van der Waals surface area contributed by atoms with Crippen LogP contribution in [0.2, 0.25) is 0 Å². The minimum absolute atomic E-state index is 0.0605. The molecular formula is C23H46N10O5. The molecule has 218 valence electrons. The maximum absolute atomic E-state index is 13.1. The summed E-state index contributed by atoms with van der Waals surface area (Å²) in [6.45, 7) is 7.71. The summed E-state index contributed by atoms with van der Waals surface area (Å²) < 4.78 is 0. The van der Waals surface area contributed by atoms with Gasteiger partial charge in [-0.25, -0.2) is 4.79 Å². The number of guanidine groups is 2. The Kier molecular flexibility index (Phi) is 16.1. The van der Waals surface area contributed by atoms with E-state index in [-0.39, 0.29) is 49.7 Å². The van der Waals surface area contributed by atoms with E-state index < -0.39 is 47.9 Å². The summed E-state index contributed by atoms with van der Waals surface area (Å²) in [4.78, 5) is 58.1. The molecule has 0 aromatic heterocycles. The van der Waals surface area contributed by atoms with Crippen molar-refractivity contribution < 1.29 is 24.3 Å². The molecule has 14 N–H and O–H groups in total. The molecule has 3 amide bonds. The van der Waals surface area contributed by atoms with Gasteiger partial charge in [0.1, 0.15) is 18.1 Å². The molecule has 15 nitrogen and oxygen atoms in total. The molecule has 0 saturated carbocycles. The van der Waals surface area contributed by atoms with Crippen LogP contribution in [0.15, 0.2) is 9.98 Å². The number of amides is 3. The zero-order valence-corrected chi connectivity index (χ0v) is 22.8. The van der Waals surface area contributed by atoms with E-state index in [1.165, 1.54) is 0 Å². The number of carbonyl (C=O) groups excluding carboxylic acids is 3. The Bertz CT molecular complexity index is 838. The van der Waals surface area contributed by atoms with Gasteiger partial charge in [0.15, 0.2) is 11.9 Å². The second-order valence-electron chi connectivity index (χ2n) is 9.82. The number of carbonyl (C=O) groups is 4. The van der Waals surface area contributed by atoms with Crippen molar-refractivity contribution in [3.05, 3.63) is 0 Å². The number of nitrogens with two attached hydrogens (primary N) is 5. The normalized spacial score (nSPS) is 14.1. The first-order chi connectivity index (χ1) is 17.6. The van der Waals surface area contributed by atoms with Crippen LogP contribution in [0.5, 0.6) is 0 Å². The van der Waals surface area contributed by atoms with Crippen LogP contribution in [-0.4, -0.2) is 78.0 Å². The summed E-state index contributed by atoms with van der Waals surface area (Å²) in [5.41, 5.74) is 27.2. The molecule has 38 heavy (non-hydrogen) atoms. The van der Waals surface area contributed by atoms with Crippen molar-refractivity contribution in [2.45, 2.75) is 84.0 Å². The Morgan fingerprint density at radius 2 is 1.21 bits per heavy atom. The second kappa shape index (κ2) is 17.8. The molecule has 0 aliphatic carbocycles. The fourth-order valence-corrected chi connectivity index (χ4v) is 3.48. The molecule has 0 aliphatic heterocycles. The molecule has 0 aromatic rings. The highest BCUT2D eigenvalue weighted by Gasteiger charge is 2.31. The molecular weight excluding hydrogens is 496 g/mol. The summed E-state index contributed by atoms with van der Waals surface area (Å²) >= 11 is 0. The zero-order chi connectivity index (χ0) is 29.4. The molecule has 0 aliphatic rings. The van der Waals surface area contributed by atoms with E-state index in [4.69, 9.17) is 28.7 Å². The van der Waals surface area contributed by atoms with Gasteiger partial charge in [0.05, 0.1) is 6.04 Å². The van der Waals surface area contributed by atoms with Crippen LogP contribution in [0.4, 0.5) is 0 Å². The van der Waals surface area contributed by atoms with Gasteiger partial charge in [-0.15, -0.1) is 0 Å². The fourth-order valence-electron chi connectivity index (χ4n) is 3.48. The first-order valence-corrected chi connectivity index (χ1v) is 12.7. The minimum Gasteiger partial charge on any atom is -0.480 e. The molecule has 4 unspecified atom stereocenters. The number of rotatable bonds is 18. The number of aliphatic carboxylic acids is 1. The van der Waals surface area contributed by atoms with Crippen LogP contribution in [-0.2, 0) is 19.2 Å². The van der Waals surface area contributed by atoms with Crippen LogP contribution in [0.3, 0.4) is 0 Å².